The predicted molar refractivity (Wildman–Crippen MR) is 80.7 cm³/mol. The number of hydrogen-bond acceptors (Lipinski definition) is 5. The molecule has 1 N–H and O–H groups in total. The molecule has 6 heteroatoms. The summed E-state index contributed by atoms with van der Waals surface area (Å²) in [5.41, 5.74) is 0.894. The summed E-state index contributed by atoms with van der Waals surface area (Å²) in [7, 11) is 0. The van der Waals surface area contributed by atoms with E-state index >= 15 is 0 Å². The topological polar surface area (TPSA) is 66.8 Å². The van der Waals surface area contributed by atoms with Crippen LogP contribution in [0.15, 0.2) is 0 Å². The molecule has 0 radical (unpaired) electrons. The summed E-state index contributed by atoms with van der Waals surface area (Å²) in [5.74, 6) is -0.854. The van der Waals surface area contributed by atoms with Gasteiger partial charge in [0.1, 0.15) is 5.00 Å². The highest BCUT2D eigenvalue weighted by molar-refractivity contribution is 7.18. The molecular formula is C15H19NO4S. The third-order valence-corrected chi connectivity index (χ3v) is 5.38. The van der Waals surface area contributed by atoms with Crippen LogP contribution in [0.1, 0.15) is 45.9 Å². The van der Waals surface area contributed by atoms with Gasteiger partial charge in [-0.25, -0.2) is 4.79 Å². The minimum atomic E-state index is -0.931. The second-order valence-corrected chi connectivity index (χ2v) is 7.43. The van der Waals surface area contributed by atoms with E-state index in [1.54, 1.807) is 0 Å². The number of carboxylic acid groups (broad SMARTS) is 1. The third-order valence-electron chi connectivity index (χ3n) is 4.05. The van der Waals surface area contributed by atoms with E-state index in [-0.39, 0.29) is 11.2 Å². The zero-order chi connectivity index (χ0) is 15.2. The Morgan fingerprint density at radius 1 is 1.29 bits per heavy atom. The summed E-state index contributed by atoms with van der Waals surface area (Å²) < 4.78 is 5.33. The molecule has 2 aliphatic rings. The highest BCUT2D eigenvalue weighted by Crippen LogP contribution is 2.45. The maximum atomic E-state index is 12.3. The van der Waals surface area contributed by atoms with E-state index in [0.717, 1.165) is 10.6 Å². The lowest BCUT2D eigenvalue weighted by Gasteiger charge is -2.29. The average Bonchev–Trinajstić information content (AvgIpc) is 2.78. The van der Waals surface area contributed by atoms with E-state index in [1.807, 2.05) is 18.7 Å². The molecule has 1 aliphatic heterocycles. The molecule has 1 saturated heterocycles. The number of anilines is 1. The number of fused-ring (bicyclic) bond motifs is 1. The third kappa shape index (κ3) is 2.58. The molecule has 1 fully saturated rings. The molecule has 3 rings (SSSR count). The maximum Gasteiger partial charge on any atom is 0.339 e. The van der Waals surface area contributed by atoms with Crippen molar-refractivity contribution in [1.29, 1.82) is 0 Å². The minimum Gasteiger partial charge on any atom is -0.478 e. The number of ether oxygens (including phenoxy) is 1. The van der Waals surface area contributed by atoms with Crippen LogP contribution in [-0.2, 0) is 11.2 Å². The molecule has 0 saturated carbocycles. The molecule has 1 aliphatic carbocycles. The minimum absolute atomic E-state index is 0.0771. The number of carbonyl (C=O) groups excluding carboxylic acids is 1. The van der Waals surface area contributed by atoms with Crippen molar-refractivity contribution in [2.24, 2.45) is 5.41 Å². The van der Waals surface area contributed by atoms with Gasteiger partial charge in [-0.15, -0.1) is 11.3 Å². The Balaban J connectivity index is 2.10. The number of rotatable bonds is 2. The number of Topliss-reactive ketones (excluding diaryl/α,β-unsaturated/α-hetero) is 1. The average molecular weight is 309 g/mol. The second kappa shape index (κ2) is 5.10. The molecule has 0 bridgehead atoms. The molecule has 5 nitrogen and oxygen atoms in total. The number of carboxylic acids is 1. The number of nitrogens with zero attached hydrogens (tertiary/aromatic N) is 1. The number of ketones is 1. The summed E-state index contributed by atoms with van der Waals surface area (Å²) in [6.07, 6.45) is 1.14. The van der Waals surface area contributed by atoms with Crippen LogP contribution >= 0.6 is 11.3 Å². The van der Waals surface area contributed by atoms with E-state index in [9.17, 15) is 14.7 Å². The Morgan fingerprint density at radius 3 is 2.57 bits per heavy atom. The van der Waals surface area contributed by atoms with E-state index in [2.05, 4.69) is 0 Å². The molecule has 1 aromatic heterocycles. The summed E-state index contributed by atoms with van der Waals surface area (Å²) in [5, 5.41) is 10.4. The molecular weight excluding hydrogens is 290 g/mol. The van der Waals surface area contributed by atoms with Gasteiger partial charge in [0.2, 0.25) is 0 Å². The summed E-state index contributed by atoms with van der Waals surface area (Å²) in [4.78, 5) is 26.8. The molecule has 114 valence electrons. The standard InChI is InChI=1S/C15H19NO4S/c1-15(2)7-9-11(14(18)19)13(16-3-5-20-6-4-16)21-12(9)10(17)8-15/h3-8H2,1-2H3,(H,18,19). The first-order valence-corrected chi connectivity index (χ1v) is 7.95. The lowest BCUT2D eigenvalue weighted by Crippen LogP contribution is -2.36. The van der Waals surface area contributed by atoms with Crippen molar-refractivity contribution in [3.63, 3.8) is 0 Å². The van der Waals surface area contributed by atoms with Crippen LogP contribution in [0.5, 0.6) is 0 Å². The van der Waals surface area contributed by atoms with Crippen LogP contribution in [-0.4, -0.2) is 43.2 Å². The first-order chi connectivity index (χ1) is 9.89. The number of aromatic carboxylic acids is 1. The number of carbonyl (C=O) groups is 2. The Morgan fingerprint density at radius 2 is 1.95 bits per heavy atom. The van der Waals surface area contributed by atoms with Crippen molar-refractivity contribution in [1.82, 2.24) is 0 Å². The normalized spacial score (nSPS) is 21.2. The SMILES string of the molecule is CC1(C)CC(=O)c2sc(N3CCOCC3)c(C(=O)O)c2C1. The van der Waals surface area contributed by atoms with Crippen LogP contribution < -0.4 is 4.90 Å². The van der Waals surface area contributed by atoms with Crippen molar-refractivity contribution < 1.29 is 19.4 Å². The lowest BCUT2D eigenvalue weighted by molar-refractivity contribution is 0.0695. The van der Waals surface area contributed by atoms with Crippen molar-refractivity contribution in [2.75, 3.05) is 31.2 Å². The van der Waals surface area contributed by atoms with E-state index < -0.39 is 5.97 Å². The van der Waals surface area contributed by atoms with Crippen LogP contribution in [0.4, 0.5) is 5.00 Å². The van der Waals surface area contributed by atoms with Gasteiger partial charge >= 0.3 is 5.97 Å². The molecule has 21 heavy (non-hydrogen) atoms. The van der Waals surface area contributed by atoms with Crippen LogP contribution in [0, 0.1) is 5.41 Å². The van der Waals surface area contributed by atoms with Gasteiger partial charge in [0, 0.05) is 19.5 Å². The Labute approximate surface area is 127 Å². The van der Waals surface area contributed by atoms with Gasteiger partial charge in [-0.1, -0.05) is 13.8 Å². The van der Waals surface area contributed by atoms with Crippen LogP contribution in [0.25, 0.3) is 0 Å². The fourth-order valence-corrected chi connectivity index (χ4v) is 4.41. The van der Waals surface area contributed by atoms with Crippen LogP contribution in [0.2, 0.25) is 0 Å². The van der Waals surface area contributed by atoms with Gasteiger partial charge in [0.25, 0.3) is 0 Å². The van der Waals surface area contributed by atoms with Crippen molar-refractivity contribution in [2.45, 2.75) is 26.7 Å². The Kier molecular flexibility index (Phi) is 3.53. The quantitative estimate of drug-likeness (QED) is 0.909. The van der Waals surface area contributed by atoms with Crippen molar-refractivity contribution in [3.8, 4) is 0 Å². The largest absolute Gasteiger partial charge is 0.478 e. The summed E-state index contributed by atoms with van der Waals surface area (Å²) >= 11 is 1.35. The van der Waals surface area contributed by atoms with Gasteiger partial charge in [-0.05, 0) is 17.4 Å². The van der Waals surface area contributed by atoms with Crippen molar-refractivity contribution in [3.05, 3.63) is 16.0 Å². The van der Waals surface area contributed by atoms with E-state index in [1.165, 1.54) is 11.3 Å². The van der Waals surface area contributed by atoms with Gasteiger partial charge in [0.15, 0.2) is 5.78 Å². The number of morpholine rings is 1. The highest BCUT2D eigenvalue weighted by Gasteiger charge is 2.38. The molecule has 0 aromatic carbocycles. The Hall–Kier alpha value is -1.40. The fraction of sp³-hybridized carbons (Fsp3) is 0.600. The Bertz CT molecular complexity index is 599. The van der Waals surface area contributed by atoms with E-state index in [4.69, 9.17) is 4.74 Å². The first kappa shape index (κ1) is 14.5. The molecule has 2 heterocycles. The van der Waals surface area contributed by atoms with Gasteiger partial charge < -0.3 is 14.7 Å². The molecule has 0 atom stereocenters. The number of hydrogen-bond donors (Lipinski definition) is 1. The second-order valence-electron chi connectivity index (χ2n) is 6.44. The van der Waals surface area contributed by atoms with Gasteiger partial charge in [-0.3, -0.25) is 4.79 Å². The van der Waals surface area contributed by atoms with Crippen molar-refractivity contribution >= 4 is 28.1 Å². The monoisotopic (exact) mass is 309 g/mol. The van der Waals surface area contributed by atoms with Gasteiger partial charge in [-0.2, -0.15) is 0 Å². The summed E-state index contributed by atoms with van der Waals surface area (Å²) in [6.45, 7) is 6.59. The predicted octanol–water partition coefficient (Wildman–Crippen LogP) is 2.44. The lowest BCUT2D eigenvalue weighted by atomic mass is 9.75. The fourth-order valence-electron chi connectivity index (χ4n) is 3.11. The summed E-state index contributed by atoms with van der Waals surface area (Å²) in [6, 6.07) is 0. The zero-order valence-electron chi connectivity index (χ0n) is 12.3. The van der Waals surface area contributed by atoms with Gasteiger partial charge in [0.05, 0.1) is 23.7 Å². The molecule has 0 unspecified atom stereocenters. The number of thiophene rings is 1. The maximum absolute atomic E-state index is 12.3. The first-order valence-electron chi connectivity index (χ1n) is 7.14. The molecule has 0 spiro atoms. The molecule has 1 aromatic rings. The van der Waals surface area contributed by atoms with Crippen LogP contribution in [0.3, 0.4) is 0 Å². The van der Waals surface area contributed by atoms with E-state index in [0.29, 0.717) is 49.6 Å². The highest BCUT2D eigenvalue weighted by atomic mass is 32.1. The molecule has 0 amide bonds. The smallest absolute Gasteiger partial charge is 0.339 e. The zero-order valence-corrected chi connectivity index (χ0v) is 13.1.